The Labute approximate surface area is 104 Å². The van der Waals surface area contributed by atoms with Crippen LogP contribution < -0.4 is 10.6 Å². The first-order valence-electron chi connectivity index (χ1n) is 5.53. The quantitative estimate of drug-likeness (QED) is 0.851. The zero-order valence-electron chi connectivity index (χ0n) is 10.2. The highest BCUT2D eigenvalue weighted by Crippen LogP contribution is 2.05. The van der Waals surface area contributed by atoms with Gasteiger partial charge in [0, 0.05) is 19.3 Å². The van der Waals surface area contributed by atoms with Crippen molar-refractivity contribution in [3.63, 3.8) is 0 Å². The minimum absolute atomic E-state index is 0.195. The predicted octanol–water partition coefficient (Wildman–Crippen LogP) is 1.35. The highest BCUT2D eigenvalue weighted by Gasteiger charge is 2.07. The first-order valence-corrected chi connectivity index (χ1v) is 5.53. The molecular weight excluding hydrogens is 232 g/mol. The lowest BCUT2D eigenvalue weighted by Gasteiger charge is -2.03. The maximum atomic E-state index is 11.8. The van der Waals surface area contributed by atoms with Gasteiger partial charge in [-0.05, 0) is 19.1 Å². The zero-order chi connectivity index (χ0) is 13.0. The topological polar surface area (TPSA) is 80.0 Å². The number of amides is 1. The third-order valence-corrected chi connectivity index (χ3v) is 2.38. The van der Waals surface area contributed by atoms with Gasteiger partial charge in [-0.3, -0.25) is 4.79 Å². The van der Waals surface area contributed by atoms with Gasteiger partial charge in [-0.1, -0.05) is 5.16 Å². The Morgan fingerprint density at radius 1 is 1.44 bits per heavy atom. The largest absolute Gasteiger partial charge is 0.373 e. The van der Waals surface area contributed by atoms with Gasteiger partial charge in [0.1, 0.15) is 5.82 Å². The molecule has 6 nitrogen and oxygen atoms in total. The monoisotopic (exact) mass is 246 g/mol. The van der Waals surface area contributed by atoms with Gasteiger partial charge in [-0.2, -0.15) is 0 Å². The highest BCUT2D eigenvalue weighted by molar-refractivity contribution is 5.93. The summed E-state index contributed by atoms with van der Waals surface area (Å²) in [6.07, 6.45) is 1.52. The molecule has 18 heavy (non-hydrogen) atoms. The Morgan fingerprint density at radius 3 is 2.83 bits per heavy atom. The Morgan fingerprint density at radius 2 is 2.28 bits per heavy atom. The molecular formula is C12H14N4O2. The lowest BCUT2D eigenvalue weighted by Crippen LogP contribution is -2.22. The number of pyridine rings is 1. The molecule has 0 atom stereocenters. The maximum absolute atomic E-state index is 11.8. The molecule has 2 rings (SSSR count). The van der Waals surface area contributed by atoms with Crippen molar-refractivity contribution in [3.8, 4) is 0 Å². The highest BCUT2D eigenvalue weighted by atomic mass is 16.5. The average molecular weight is 246 g/mol. The predicted molar refractivity (Wildman–Crippen MR) is 66.2 cm³/mol. The lowest BCUT2D eigenvalue weighted by molar-refractivity contribution is 0.0946. The molecule has 0 fully saturated rings. The van der Waals surface area contributed by atoms with Gasteiger partial charge in [0.15, 0.2) is 5.76 Å². The fraction of sp³-hybridized carbons (Fsp3) is 0.250. The van der Waals surface area contributed by atoms with Crippen LogP contribution in [0.5, 0.6) is 0 Å². The van der Waals surface area contributed by atoms with Crippen LogP contribution >= 0.6 is 0 Å². The Hall–Kier alpha value is -2.37. The van der Waals surface area contributed by atoms with Gasteiger partial charge in [0.05, 0.1) is 17.8 Å². The Bertz CT molecular complexity index is 533. The van der Waals surface area contributed by atoms with E-state index >= 15 is 0 Å². The van der Waals surface area contributed by atoms with Gasteiger partial charge in [0.25, 0.3) is 5.91 Å². The van der Waals surface area contributed by atoms with E-state index in [1.165, 1.54) is 6.20 Å². The van der Waals surface area contributed by atoms with Crippen LogP contribution in [0.4, 0.5) is 5.82 Å². The summed E-state index contributed by atoms with van der Waals surface area (Å²) < 4.78 is 5.00. The first kappa shape index (κ1) is 12.1. The van der Waals surface area contributed by atoms with Crippen LogP contribution in [0.3, 0.4) is 0 Å². The molecule has 0 unspecified atom stereocenters. The van der Waals surface area contributed by atoms with E-state index < -0.39 is 0 Å². The summed E-state index contributed by atoms with van der Waals surface area (Å²) in [5, 5.41) is 9.36. The molecule has 0 spiro atoms. The summed E-state index contributed by atoms with van der Waals surface area (Å²) >= 11 is 0. The summed E-state index contributed by atoms with van der Waals surface area (Å²) in [6, 6.07) is 5.23. The maximum Gasteiger partial charge on any atom is 0.253 e. The van der Waals surface area contributed by atoms with Gasteiger partial charge in [-0.15, -0.1) is 0 Å². The van der Waals surface area contributed by atoms with Crippen molar-refractivity contribution in [3.05, 3.63) is 41.4 Å². The summed E-state index contributed by atoms with van der Waals surface area (Å²) in [5.74, 6) is 1.15. The number of hydrogen-bond acceptors (Lipinski definition) is 5. The molecule has 0 aromatic carbocycles. The van der Waals surface area contributed by atoms with E-state index in [4.69, 9.17) is 4.52 Å². The van der Waals surface area contributed by atoms with E-state index in [2.05, 4.69) is 20.8 Å². The molecule has 2 N–H and O–H groups in total. The molecule has 2 heterocycles. The number of anilines is 1. The van der Waals surface area contributed by atoms with E-state index in [0.717, 1.165) is 11.5 Å². The molecule has 2 aromatic heterocycles. The molecule has 0 saturated carbocycles. The molecule has 1 amide bonds. The van der Waals surface area contributed by atoms with Crippen molar-refractivity contribution < 1.29 is 9.32 Å². The van der Waals surface area contributed by atoms with E-state index in [9.17, 15) is 4.79 Å². The number of hydrogen-bond donors (Lipinski definition) is 2. The molecule has 94 valence electrons. The van der Waals surface area contributed by atoms with Crippen LogP contribution in [0.15, 0.2) is 28.9 Å². The second kappa shape index (κ2) is 5.31. The van der Waals surface area contributed by atoms with E-state index in [0.29, 0.717) is 17.9 Å². The number of carbonyl (C=O) groups excluding carboxylic acids is 1. The normalized spacial score (nSPS) is 10.1. The minimum atomic E-state index is -0.195. The molecule has 0 radical (unpaired) electrons. The summed E-state index contributed by atoms with van der Waals surface area (Å²) in [5.41, 5.74) is 1.30. The van der Waals surface area contributed by atoms with Gasteiger partial charge >= 0.3 is 0 Å². The smallest absolute Gasteiger partial charge is 0.253 e. The number of carbonyl (C=O) groups is 1. The number of aromatic nitrogens is 2. The fourth-order valence-corrected chi connectivity index (χ4v) is 1.45. The summed E-state index contributed by atoms with van der Waals surface area (Å²) in [4.78, 5) is 15.9. The van der Waals surface area contributed by atoms with Crippen molar-refractivity contribution in [1.82, 2.24) is 15.5 Å². The van der Waals surface area contributed by atoms with Crippen molar-refractivity contribution in [2.24, 2.45) is 0 Å². The van der Waals surface area contributed by atoms with Crippen LogP contribution in [0.2, 0.25) is 0 Å². The van der Waals surface area contributed by atoms with Crippen molar-refractivity contribution in [1.29, 1.82) is 0 Å². The second-order valence-electron chi connectivity index (χ2n) is 3.80. The Balaban J connectivity index is 1.94. The molecule has 0 saturated heterocycles. The van der Waals surface area contributed by atoms with Crippen molar-refractivity contribution in [2.75, 3.05) is 12.4 Å². The van der Waals surface area contributed by atoms with Crippen LogP contribution in [0.25, 0.3) is 0 Å². The van der Waals surface area contributed by atoms with Crippen molar-refractivity contribution >= 4 is 11.7 Å². The number of nitrogens with one attached hydrogen (secondary N) is 2. The van der Waals surface area contributed by atoms with E-state index in [-0.39, 0.29) is 5.91 Å². The SMILES string of the molecule is CNc1ccc(C(=O)NCc2cc(C)no2)cn1. The molecule has 0 aliphatic rings. The Kier molecular flexibility index (Phi) is 3.57. The van der Waals surface area contributed by atoms with E-state index in [1.807, 2.05) is 6.92 Å². The molecule has 0 aliphatic carbocycles. The fourth-order valence-electron chi connectivity index (χ4n) is 1.45. The van der Waals surface area contributed by atoms with Gasteiger partial charge < -0.3 is 15.2 Å². The van der Waals surface area contributed by atoms with Crippen LogP contribution in [-0.2, 0) is 6.54 Å². The van der Waals surface area contributed by atoms with Crippen LogP contribution in [0, 0.1) is 6.92 Å². The third-order valence-electron chi connectivity index (χ3n) is 2.38. The first-order chi connectivity index (χ1) is 8.69. The standard InChI is InChI=1S/C12H14N4O2/c1-8-5-10(18-16-8)7-15-12(17)9-3-4-11(13-2)14-6-9/h3-6H,7H2,1-2H3,(H,13,14)(H,15,17). The zero-order valence-corrected chi connectivity index (χ0v) is 10.2. The van der Waals surface area contributed by atoms with Gasteiger partial charge in [0.2, 0.25) is 0 Å². The number of aryl methyl sites for hydroxylation is 1. The van der Waals surface area contributed by atoms with Gasteiger partial charge in [-0.25, -0.2) is 4.98 Å². The molecule has 0 aliphatic heterocycles. The lowest BCUT2D eigenvalue weighted by atomic mass is 10.2. The average Bonchev–Trinajstić information content (AvgIpc) is 2.82. The number of nitrogens with zero attached hydrogens (tertiary/aromatic N) is 2. The third kappa shape index (κ3) is 2.85. The molecule has 2 aromatic rings. The second-order valence-corrected chi connectivity index (χ2v) is 3.80. The molecule has 0 bridgehead atoms. The van der Waals surface area contributed by atoms with Crippen molar-refractivity contribution in [2.45, 2.75) is 13.5 Å². The van der Waals surface area contributed by atoms with Crippen LogP contribution in [-0.4, -0.2) is 23.1 Å². The summed E-state index contributed by atoms with van der Waals surface area (Å²) in [6.45, 7) is 2.14. The summed E-state index contributed by atoms with van der Waals surface area (Å²) in [7, 11) is 1.77. The molecule has 6 heteroatoms. The van der Waals surface area contributed by atoms with E-state index in [1.54, 1.807) is 25.2 Å². The number of rotatable bonds is 4. The van der Waals surface area contributed by atoms with Crippen LogP contribution in [0.1, 0.15) is 21.8 Å². The minimum Gasteiger partial charge on any atom is -0.373 e.